The summed E-state index contributed by atoms with van der Waals surface area (Å²) in [6, 6.07) is 26.8. The molecule has 0 N–H and O–H groups in total. The zero-order valence-corrected chi connectivity index (χ0v) is 23.9. The highest BCUT2D eigenvalue weighted by Gasteiger charge is 2.33. The number of rotatable bonds is 7. The molecule has 6 rings (SSSR count). The zero-order chi connectivity index (χ0) is 29.2. The predicted octanol–water partition coefficient (Wildman–Crippen LogP) is 5.67. The van der Waals surface area contributed by atoms with Crippen LogP contribution in [0.15, 0.2) is 112 Å². The van der Waals surface area contributed by atoms with Crippen molar-refractivity contribution in [3.63, 3.8) is 0 Å². The second-order valence-corrected chi connectivity index (χ2v) is 10.8. The maximum Gasteiger partial charge on any atom is 0.338 e. The summed E-state index contributed by atoms with van der Waals surface area (Å²) in [7, 11) is 0. The van der Waals surface area contributed by atoms with Gasteiger partial charge in [-0.3, -0.25) is 9.36 Å². The summed E-state index contributed by atoms with van der Waals surface area (Å²) in [6.07, 6.45) is 1.79. The lowest BCUT2D eigenvalue weighted by atomic mass is 9.96. The number of aromatic nitrogens is 1. The average molecular weight is 579 g/mol. The highest BCUT2D eigenvalue weighted by Crippen LogP contribution is 2.31. The lowest BCUT2D eigenvalue weighted by Gasteiger charge is -2.24. The zero-order valence-electron chi connectivity index (χ0n) is 23.0. The van der Waals surface area contributed by atoms with E-state index in [4.69, 9.17) is 9.47 Å². The van der Waals surface area contributed by atoms with E-state index >= 15 is 0 Å². The maximum absolute atomic E-state index is 13.9. The van der Waals surface area contributed by atoms with Gasteiger partial charge in [-0.25, -0.2) is 14.2 Å². The van der Waals surface area contributed by atoms with Crippen molar-refractivity contribution in [1.29, 1.82) is 0 Å². The van der Waals surface area contributed by atoms with Crippen molar-refractivity contribution in [3.05, 3.63) is 144 Å². The van der Waals surface area contributed by atoms with Gasteiger partial charge < -0.3 is 9.47 Å². The van der Waals surface area contributed by atoms with Crippen LogP contribution in [0, 0.1) is 5.82 Å². The molecule has 1 atom stereocenters. The maximum atomic E-state index is 13.9. The van der Waals surface area contributed by atoms with E-state index < -0.39 is 17.8 Å². The number of carbonyl (C=O) groups excluding carboxylic acids is 1. The number of hydrogen-bond acceptors (Lipinski definition) is 6. The molecule has 0 unspecified atom stereocenters. The molecular formula is C34H27FN2O4S. The number of ether oxygens (including phenoxy) is 2. The van der Waals surface area contributed by atoms with E-state index in [2.05, 4.69) is 23.2 Å². The molecule has 42 heavy (non-hydrogen) atoms. The van der Waals surface area contributed by atoms with Crippen molar-refractivity contribution < 1.29 is 18.7 Å². The third-order valence-corrected chi connectivity index (χ3v) is 8.15. The van der Waals surface area contributed by atoms with Gasteiger partial charge in [-0.1, -0.05) is 84.1 Å². The van der Waals surface area contributed by atoms with Crippen LogP contribution < -0.4 is 19.6 Å². The van der Waals surface area contributed by atoms with Gasteiger partial charge in [0, 0.05) is 5.56 Å². The highest BCUT2D eigenvalue weighted by molar-refractivity contribution is 7.07. The molecule has 6 nitrogen and oxygen atoms in total. The minimum absolute atomic E-state index is 0.172. The summed E-state index contributed by atoms with van der Waals surface area (Å²) in [5.74, 6) is -0.339. The molecule has 0 saturated carbocycles. The minimum atomic E-state index is -0.805. The van der Waals surface area contributed by atoms with Crippen LogP contribution >= 0.6 is 11.3 Å². The number of allylic oxidation sites excluding steroid dienone is 1. The Balaban J connectivity index is 1.42. The summed E-state index contributed by atoms with van der Waals surface area (Å²) in [5, 5.41) is 2.26. The molecule has 1 aliphatic rings. The summed E-state index contributed by atoms with van der Waals surface area (Å²) in [6.45, 7) is 3.97. The van der Waals surface area contributed by atoms with E-state index in [0.717, 1.165) is 21.9 Å². The van der Waals surface area contributed by atoms with Crippen molar-refractivity contribution >= 4 is 34.2 Å². The molecule has 2 heterocycles. The Hall–Kier alpha value is -4.82. The monoisotopic (exact) mass is 578 g/mol. The molecule has 0 aliphatic carbocycles. The van der Waals surface area contributed by atoms with Crippen LogP contribution in [0.1, 0.15) is 36.6 Å². The number of carbonyl (C=O) groups is 1. The van der Waals surface area contributed by atoms with Gasteiger partial charge in [0.15, 0.2) is 4.80 Å². The first-order chi connectivity index (χ1) is 20.4. The Morgan fingerprint density at radius 1 is 1.00 bits per heavy atom. The number of thiazole rings is 1. The molecule has 1 aromatic heterocycles. The van der Waals surface area contributed by atoms with Crippen LogP contribution in [0.25, 0.3) is 16.8 Å². The van der Waals surface area contributed by atoms with Crippen molar-refractivity contribution in [2.45, 2.75) is 26.5 Å². The number of nitrogens with zero attached hydrogens (tertiary/aromatic N) is 2. The standard InChI is InChI=1S/C34H27FN2O4S/c1-3-40-33(39)30-21(2)36-34-37(31(30)23-15-17-26(35)18-16-23)32(38)29(42-34)19-24-10-5-7-14-28(24)41-20-25-12-8-11-22-9-4-6-13-27(22)25/h4-19,31H,3,20H2,1-2H3/b29-19+/t31-/m0/s1. The van der Waals surface area contributed by atoms with Crippen molar-refractivity contribution in [3.8, 4) is 5.75 Å². The summed E-state index contributed by atoms with van der Waals surface area (Å²) in [5.41, 5.74) is 2.77. The van der Waals surface area contributed by atoms with Crippen LogP contribution in [-0.2, 0) is 16.1 Å². The van der Waals surface area contributed by atoms with Gasteiger partial charge in [0.05, 0.1) is 28.5 Å². The second kappa shape index (κ2) is 11.6. The number of hydrogen-bond donors (Lipinski definition) is 0. The molecule has 0 saturated heterocycles. The lowest BCUT2D eigenvalue weighted by molar-refractivity contribution is -0.139. The summed E-state index contributed by atoms with van der Waals surface area (Å²) < 4.78 is 27.3. The number of halogens is 1. The van der Waals surface area contributed by atoms with E-state index in [1.54, 1.807) is 32.1 Å². The van der Waals surface area contributed by atoms with Crippen LogP contribution in [-0.4, -0.2) is 17.1 Å². The van der Waals surface area contributed by atoms with Crippen LogP contribution in [0.5, 0.6) is 5.75 Å². The molecule has 0 amide bonds. The lowest BCUT2D eigenvalue weighted by Crippen LogP contribution is -2.39. The quantitative estimate of drug-likeness (QED) is 0.234. The molecule has 210 valence electrons. The van der Waals surface area contributed by atoms with E-state index in [9.17, 15) is 14.0 Å². The first-order valence-corrected chi connectivity index (χ1v) is 14.4. The normalized spacial score (nSPS) is 14.9. The fourth-order valence-electron chi connectivity index (χ4n) is 5.20. The topological polar surface area (TPSA) is 69.9 Å². The van der Waals surface area contributed by atoms with Gasteiger partial charge in [0.2, 0.25) is 0 Å². The molecule has 0 bridgehead atoms. The van der Waals surface area contributed by atoms with Crippen LogP contribution in [0.2, 0.25) is 0 Å². The fourth-order valence-corrected chi connectivity index (χ4v) is 6.24. The predicted molar refractivity (Wildman–Crippen MR) is 162 cm³/mol. The average Bonchev–Trinajstić information content (AvgIpc) is 3.30. The molecule has 0 radical (unpaired) electrons. The Kier molecular flexibility index (Phi) is 7.54. The van der Waals surface area contributed by atoms with Crippen LogP contribution in [0.4, 0.5) is 4.39 Å². The van der Waals surface area contributed by atoms with E-state index in [0.29, 0.717) is 33.0 Å². The third-order valence-electron chi connectivity index (χ3n) is 7.17. The smallest absolute Gasteiger partial charge is 0.338 e. The molecule has 0 fully saturated rings. The summed E-state index contributed by atoms with van der Waals surface area (Å²) in [4.78, 5) is 32.0. The Morgan fingerprint density at radius 2 is 1.74 bits per heavy atom. The SMILES string of the molecule is CCOC(=O)C1=C(C)N=c2s/c(=C/c3ccccc3OCc3cccc4ccccc34)c(=O)n2[C@H]1c1ccc(F)cc1. The summed E-state index contributed by atoms with van der Waals surface area (Å²) >= 11 is 1.23. The molecular weight excluding hydrogens is 551 g/mol. The van der Waals surface area contributed by atoms with E-state index in [1.807, 2.05) is 48.5 Å². The third kappa shape index (κ3) is 5.17. The number of esters is 1. The van der Waals surface area contributed by atoms with Gasteiger partial charge in [-0.2, -0.15) is 0 Å². The second-order valence-electron chi connectivity index (χ2n) is 9.82. The Morgan fingerprint density at radius 3 is 2.55 bits per heavy atom. The number of para-hydroxylation sites is 1. The minimum Gasteiger partial charge on any atom is -0.488 e. The van der Waals surface area contributed by atoms with E-state index in [-0.39, 0.29) is 17.7 Å². The largest absolute Gasteiger partial charge is 0.488 e. The van der Waals surface area contributed by atoms with Gasteiger partial charge >= 0.3 is 5.97 Å². The number of benzene rings is 4. The van der Waals surface area contributed by atoms with Crippen molar-refractivity contribution in [2.24, 2.45) is 4.99 Å². The molecule has 4 aromatic carbocycles. The first kappa shape index (κ1) is 27.4. The fraction of sp³-hybridized carbons (Fsp3) is 0.147. The Bertz CT molecular complexity index is 2020. The van der Waals surface area contributed by atoms with Crippen LogP contribution in [0.3, 0.4) is 0 Å². The first-order valence-electron chi connectivity index (χ1n) is 13.6. The number of fused-ring (bicyclic) bond motifs is 2. The molecule has 0 spiro atoms. The van der Waals surface area contributed by atoms with Gasteiger partial charge in [-0.15, -0.1) is 0 Å². The molecule has 1 aliphatic heterocycles. The van der Waals surface area contributed by atoms with Crippen molar-refractivity contribution in [2.75, 3.05) is 6.61 Å². The van der Waals surface area contributed by atoms with Gasteiger partial charge in [0.25, 0.3) is 5.56 Å². The van der Waals surface area contributed by atoms with E-state index in [1.165, 1.54) is 28.0 Å². The highest BCUT2D eigenvalue weighted by atomic mass is 32.1. The Labute approximate surface area is 245 Å². The van der Waals surface area contributed by atoms with Crippen molar-refractivity contribution in [1.82, 2.24) is 4.57 Å². The van der Waals surface area contributed by atoms with Gasteiger partial charge in [0.1, 0.15) is 18.2 Å². The molecule has 5 aromatic rings. The molecule has 8 heteroatoms. The van der Waals surface area contributed by atoms with Gasteiger partial charge in [-0.05, 0) is 60.0 Å².